The van der Waals surface area contributed by atoms with Crippen LogP contribution in [0.25, 0.3) is 28.7 Å². The molecule has 0 amide bonds. The third-order valence-corrected chi connectivity index (χ3v) is 4.80. The molecule has 1 aliphatic rings. The Labute approximate surface area is 175 Å². The number of ether oxygens (including phenoxy) is 1. The van der Waals surface area contributed by atoms with Crippen LogP contribution in [0.3, 0.4) is 0 Å². The maximum Gasteiger partial charge on any atom is 0.453 e. The molecule has 0 radical (unpaired) electrons. The number of aromatic amines is 2. The molecule has 0 aromatic carbocycles. The van der Waals surface area contributed by atoms with Crippen LogP contribution in [0.2, 0.25) is 0 Å². The molecule has 0 atom stereocenters. The summed E-state index contributed by atoms with van der Waals surface area (Å²) in [6.45, 7) is 0.385. The maximum atomic E-state index is 12.9. The Morgan fingerprint density at radius 2 is 2.00 bits per heavy atom. The summed E-state index contributed by atoms with van der Waals surface area (Å²) in [4.78, 5) is 20.4. The molecule has 0 unspecified atom stereocenters. The average molecular weight is 455 g/mol. The van der Waals surface area contributed by atoms with Crippen LogP contribution in [-0.2, 0) is 6.18 Å². The molecule has 1 aliphatic heterocycles. The fraction of sp³-hybridized carbons (Fsp3) is 0.353. The Bertz CT molecular complexity index is 1230. The number of halogens is 5. The molecule has 5 rings (SSSR count). The van der Waals surface area contributed by atoms with E-state index in [9.17, 15) is 22.0 Å². The van der Waals surface area contributed by atoms with Crippen molar-refractivity contribution in [3.8, 4) is 28.7 Å². The minimum Gasteiger partial charge on any atom is -0.485 e. The lowest BCUT2D eigenvalue weighted by molar-refractivity contribution is -0.144. The van der Waals surface area contributed by atoms with Gasteiger partial charge in [-0.1, -0.05) is 0 Å². The van der Waals surface area contributed by atoms with Crippen LogP contribution in [0.5, 0.6) is 5.75 Å². The first-order valence-corrected chi connectivity index (χ1v) is 9.32. The molecule has 2 N–H and O–H groups in total. The first kappa shape index (κ1) is 20.3. The third-order valence-electron chi connectivity index (χ3n) is 4.80. The lowest BCUT2D eigenvalue weighted by Crippen LogP contribution is -2.55. The zero-order valence-corrected chi connectivity index (χ0v) is 16.0. The van der Waals surface area contributed by atoms with Gasteiger partial charge in [-0.25, -0.2) is 28.7 Å². The molecule has 1 saturated heterocycles. The second-order valence-corrected chi connectivity index (χ2v) is 7.09. The van der Waals surface area contributed by atoms with Gasteiger partial charge in [0.25, 0.3) is 12.2 Å². The van der Waals surface area contributed by atoms with Crippen molar-refractivity contribution in [3.05, 3.63) is 30.7 Å². The van der Waals surface area contributed by atoms with Crippen LogP contribution in [0.1, 0.15) is 5.82 Å². The number of hydrogen-bond acceptors (Lipinski definition) is 7. The SMILES string of the molecule is FC(F)CN1CC(Oc2cnc3nc(-c4nc(C(F)(F)F)n[nH]4)c(-c4cnc[nH]4)n3c2)C1. The quantitative estimate of drug-likeness (QED) is 0.429. The number of likely N-dealkylation sites (tertiary alicyclic amines) is 1. The number of hydrogen-bond donors (Lipinski definition) is 2. The summed E-state index contributed by atoms with van der Waals surface area (Å²) < 4.78 is 71.0. The van der Waals surface area contributed by atoms with E-state index in [-0.39, 0.29) is 29.9 Å². The van der Waals surface area contributed by atoms with Gasteiger partial charge in [-0.2, -0.15) is 13.2 Å². The molecule has 1 fully saturated rings. The highest BCUT2D eigenvalue weighted by Gasteiger charge is 2.37. The van der Waals surface area contributed by atoms with E-state index in [1.807, 2.05) is 0 Å². The fourth-order valence-electron chi connectivity index (χ4n) is 3.41. The lowest BCUT2D eigenvalue weighted by Gasteiger charge is -2.38. The van der Waals surface area contributed by atoms with Crippen LogP contribution < -0.4 is 4.74 Å². The van der Waals surface area contributed by atoms with Gasteiger partial charge in [0.15, 0.2) is 11.6 Å². The van der Waals surface area contributed by atoms with Crippen molar-refractivity contribution in [2.45, 2.75) is 18.7 Å². The second kappa shape index (κ2) is 7.51. The predicted octanol–water partition coefficient (Wildman–Crippen LogP) is 2.25. The summed E-state index contributed by atoms with van der Waals surface area (Å²) in [6.07, 6.45) is -1.58. The standard InChI is InChI=1S/C17H14F5N9O/c18-11(19)6-30-3-9(4-30)32-8-1-24-16-26-12(14-27-15(29-28-14)17(20,21)22)13(31(16)5-8)10-2-23-7-25-10/h1-2,5,7,9,11H,3-4,6H2,(H,23,25)(H,27,28,29). The van der Waals surface area contributed by atoms with E-state index in [0.717, 1.165) is 0 Å². The molecule has 168 valence electrons. The van der Waals surface area contributed by atoms with Gasteiger partial charge in [0.1, 0.15) is 17.5 Å². The Morgan fingerprint density at radius 1 is 1.19 bits per heavy atom. The minimum atomic E-state index is -4.72. The van der Waals surface area contributed by atoms with Crippen LogP contribution in [-0.4, -0.2) is 76.6 Å². The van der Waals surface area contributed by atoms with Crippen LogP contribution in [0, 0.1) is 0 Å². The Kier molecular flexibility index (Phi) is 4.76. The third kappa shape index (κ3) is 3.74. The molecule has 32 heavy (non-hydrogen) atoms. The zero-order valence-electron chi connectivity index (χ0n) is 16.0. The molecule has 4 aromatic heterocycles. The highest BCUT2D eigenvalue weighted by Crippen LogP contribution is 2.33. The molecule has 4 aromatic rings. The van der Waals surface area contributed by atoms with Crippen molar-refractivity contribution in [1.29, 1.82) is 0 Å². The molecule has 0 aliphatic carbocycles. The summed E-state index contributed by atoms with van der Waals surface area (Å²) >= 11 is 0. The first-order valence-electron chi connectivity index (χ1n) is 9.32. The van der Waals surface area contributed by atoms with Crippen LogP contribution in [0.4, 0.5) is 22.0 Å². The lowest BCUT2D eigenvalue weighted by atomic mass is 10.2. The van der Waals surface area contributed by atoms with E-state index in [1.54, 1.807) is 11.1 Å². The van der Waals surface area contributed by atoms with E-state index in [0.29, 0.717) is 30.2 Å². The summed E-state index contributed by atoms with van der Waals surface area (Å²) in [5.41, 5.74) is 0.866. The van der Waals surface area contributed by atoms with Crippen LogP contribution >= 0.6 is 0 Å². The average Bonchev–Trinajstić information content (AvgIpc) is 3.43. The Morgan fingerprint density at radius 3 is 2.66 bits per heavy atom. The predicted molar refractivity (Wildman–Crippen MR) is 97.8 cm³/mol. The molecule has 10 nitrogen and oxygen atoms in total. The van der Waals surface area contributed by atoms with Crippen molar-refractivity contribution in [2.75, 3.05) is 19.6 Å². The van der Waals surface area contributed by atoms with Gasteiger partial charge < -0.3 is 9.72 Å². The molecule has 5 heterocycles. The van der Waals surface area contributed by atoms with Gasteiger partial charge in [-0.15, -0.1) is 5.10 Å². The van der Waals surface area contributed by atoms with Gasteiger partial charge >= 0.3 is 6.18 Å². The van der Waals surface area contributed by atoms with Crippen molar-refractivity contribution in [1.82, 2.24) is 44.4 Å². The summed E-state index contributed by atoms with van der Waals surface area (Å²) in [6, 6.07) is 0. The van der Waals surface area contributed by atoms with Gasteiger partial charge in [0, 0.05) is 13.1 Å². The Hall–Kier alpha value is -3.62. The van der Waals surface area contributed by atoms with E-state index in [1.165, 1.54) is 23.1 Å². The largest absolute Gasteiger partial charge is 0.485 e. The first-order chi connectivity index (χ1) is 15.3. The second-order valence-electron chi connectivity index (χ2n) is 7.09. The normalized spacial score (nSPS) is 15.6. The van der Waals surface area contributed by atoms with E-state index < -0.39 is 18.4 Å². The van der Waals surface area contributed by atoms with Crippen LogP contribution in [0.15, 0.2) is 24.9 Å². The summed E-state index contributed by atoms with van der Waals surface area (Å²) in [5.74, 6) is -1.00. The monoisotopic (exact) mass is 455 g/mol. The summed E-state index contributed by atoms with van der Waals surface area (Å²) in [5, 5.41) is 5.48. The van der Waals surface area contributed by atoms with Gasteiger partial charge in [-0.3, -0.25) is 14.4 Å². The van der Waals surface area contributed by atoms with Crippen molar-refractivity contribution in [2.24, 2.45) is 0 Å². The highest BCUT2D eigenvalue weighted by atomic mass is 19.4. The number of imidazole rings is 2. The smallest absolute Gasteiger partial charge is 0.453 e. The summed E-state index contributed by atoms with van der Waals surface area (Å²) in [7, 11) is 0. The van der Waals surface area contributed by atoms with Crippen molar-refractivity contribution >= 4 is 5.78 Å². The molecular formula is C17H14F5N9O. The highest BCUT2D eigenvalue weighted by molar-refractivity contribution is 5.76. The molecule has 0 spiro atoms. The number of rotatable bonds is 6. The van der Waals surface area contributed by atoms with Gasteiger partial charge in [0.05, 0.1) is 37.2 Å². The molecule has 0 saturated carbocycles. The fourth-order valence-corrected chi connectivity index (χ4v) is 3.41. The number of nitrogens with zero attached hydrogens (tertiary/aromatic N) is 7. The number of H-pyrrole nitrogens is 2. The maximum absolute atomic E-state index is 12.9. The van der Waals surface area contributed by atoms with Gasteiger partial charge in [-0.05, 0) is 0 Å². The van der Waals surface area contributed by atoms with Crippen molar-refractivity contribution in [3.63, 3.8) is 0 Å². The number of fused-ring (bicyclic) bond motifs is 1. The number of aromatic nitrogens is 8. The van der Waals surface area contributed by atoms with E-state index >= 15 is 0 Å². The topological polar surface area (TPSA) is 113 Å². The Balaban J connectivity index is 1.49. The molecule has 0 bridgehead atoms. The van der Waals surface area contributed by atoms with Gasteiger partial charge in [0.2, 0.25) is 5.78 Å². The molecular weight excluding hydrogens is 441 g/mol. The number of nitrogens with one attached hydrogen (secondary N) is 2. The van der Waals surface area contributed by atoms with Crippen molar-refractivity contribution < 1.29 is 26.7 Å². The van der Waals surface area contributed by atoms with E-state index in [4.69, 9.17) is 4.74 Å². The molecule has 15 heteroatoms. The minimum absolute atomic E-state index is 0.0775. The zero-order chi connectivity index (χ0) is 22.5. The number of alkyl halides is 5. The van der Waals surface area contributed by atoms with E-state index in [2.05, 4.69) is 35.1 Å².